The maximum Gasteiger partial charge on any atom is 0.270 e. The molecule has 6 nitrogen and oxygen atoms in total. The van der Waals surface area contributed by atoms with Crippen LogP contribution in [-0.2, 0) is 12.8 Å². The fourth-order valence-corrected chi connectivity index (χ4v) is 2.40. The third-order valence-corrected chi connectivity index (χ3v) is 3.41. The van der Waals surface area contributed by atoms with Crippen molar-refractivity contribution in [2.24, 2.45) is 11.5 Å². The molecule has 0 bridgehead atoms. The number of hydrogen-bond acceptors (Lipinski definition) is 5. The molecule has 1 aromatic heterocycles. The van der Waals surface area contributed by atoms with Crippen molar-refractivity contribution in [3.63, 3.8) is 0 Å². The Balaban J connectivity index is 2.21. The Hall–Kier alpha value is -1.79. The molecular formula is C12H15N5O. The monoisotopic (exact) mass is 245 g/mol. The van der Waals surface area contributed by atoms with Gasteiger partial charge in [-0.15, -0.1) is 0 Å². The van der Waals surface area contributed by atoms with E-state index in [-0.39, 0.29) is 6.54 Å². The van der Waals surface area contributed by atoms with Crippen LogP contribution in [0.4, 0.5) is 0 Å². The zero-order chi connectivity index (χ0) is 12.7. The van der Waals surface area contributed by atoms with Crippen LogP contribution in [0.2, 0.25) is 0 Å². The fraction of sp³-hybridized carbons (Fsp3) is 0.417. The van der Waals surface area contributed by atoms with Crippen LogP contribution in [0.15, 0.2) is 12.1 Å². The van der Waals surface area contributed by atoms with Crippen LogP contribution < -0.4 is 16.3 Å². The number of aromatic nitrogens is 3. The molecule has 18 heavy (non-hydrogen) atoms. The van der Waals surface area contributed by atoms with E-state index >= 15 is 0 Å². The van der Waals surface area contributed by atoms with Crippen molar-refractivity contribution in [1.29, 1.82) is 0 Å². The normalized spacial score (nSPS) is 15.9. The molecule has 1 unspecified atom stereocenters. The van der Waals surface area contributed by atoms with Gasteiger partial charge in [-0.25, -0.2) is 4.98 Å². The molecule has 0 saturated carbocycles. The van der Waals surface area contributed by atoms with Gasteiger partial charge < -0.3 is 16.7 Å². The predicted molar refractivity (Wildman–Crippen MR) is 66.5 cm³/mol. The van der Waals surface area contributed by atoms with Crippen molar-refractivity contribution in [2.45, 2.75) is 25.3 Å². The molecule has 4 N–H and O–H groups in total. The van der Waals surface area contributed by atoms with Gasteiger partial charge in [0.1, 0.15) is 5.52 Å². The Bertz CT molecular complexity index is 613. The van der Waals surface area contributed by atoms with Gasteiger partial charge in [-0.3, -0.25) is 0 Å². The van der Waals surface area contributed by atoms with Gasteiger partial charge in [0, 0.05) is 17.7 Å². The van der Waals surface area contributed by atoms with E-state index in [9.17, 15) is 5.21 Å². The number of aryl methyl sites for hydroxylation is 2. The van der Waals surface area contributed by atoms with Crippen LogP contribution in [0.1, 0.15) is 29.4 Å². The Morgan fingerprint density at radius 3 is 2.78 bits per heavy atom. The molecule has 3 rings (SSSR count). The van der Waals surface area contributed by atoms with Crippen molar-refractivity contribution in [3.8, 4) is 0 Å². The van der Waals surface area contributed by atoms with E-state index in [0.29, 0.717) is 21.7 Å². The molecule has 0 saturated heterocycles. The molecular weight excluding hydrogens is 230 g/mol. The van der Waals surface area contributed by atoms with Crippen molar-refractivity contribution in [3.05, 3.63) is 34.3 Å². The van der Waals surface area contributed by atoms with Crippen LogP contribution in [0.25, 0.3) is 11.0 Å². The summed E-state index contributed by atoms with van der Waals surface area (Å²) in [6.07, 6.45) is 3.20. The Morgan fingerprint density at radius 2 is 2.06 bits per heavy atom. The molecule has 0 aliphatic heterocycles. The molecule has 1 atom stereocenters. The molecule has 94 valence electrons. The summed E-state index contributed by atoms with van der Waals surface area (Å²) in [5.41, 5.74) is 14.9. The summed E-state index contributed by atoms with van der Waals surface area (Å²) in [6, 6.07) is 3.37. The van der Waals surface area contributed by atoms with E-state index in [1.165, 1.54) is 11.1 Å². The van der Waals surface area contributed by atoms with Crippen LogP contribution in [0.3, 0.4) is 0 Å². The minimum Gasteiger partial charge on any atom is -0.594 e. The number of nitrogens with two attached hydrogens (primary N) is 2. The summed E-state index contributed by atoms with van der Waals surface area (Å²) >= 11 is 0. The number of rotatable bonds is 2. The highest BCUT2D eigenvalue weighted by atomic mass is 16.5. The Kier molecular flexibility index (Phi) is 2.61. The lowest BCUT2D eigenvalue weighted by atomic mass is 10.1. The van der Waals surface area contributed by atoms with Crippen LogP contribution in [0, 0.1) is 5.21 Å². The quantitative estimate of drug-likeness (QED) is 0.558. The molecule has 1 aliphatic carbocycles. The SMILES string of the molecule is NCC(N)c1nc2cc3c(cc2[n+]([O-])n1)CCC3. The summed E-state index contributed by atoms with van der Waals surface area (Å²) < 4.78 is 0. The molecule has 6 heteroatoms. The lowest BCUT2D eigenvalue weighted by Gasteiger charge is -2.08. The summed E-state index contributed by atoms with van der Waals surface area (Å²) in [7, 11) is 0. The number of fused-ring (bicyclic) bond motifs is 2. The largest absolute Gasteiger partial charge is 0.594 e. The maximum atomic E-state index is 11.9. The van der Waals surface area contributed by atoms with Crippen molar-refractivity contribution in [1.82, 2.24) is 10.1 Å². The summed E-state index contributed by atoms with van der Waals surface area (Å²) in [4.78, 5) is 4.95. The van der Waals surface area contributed by atoms with Crippen molar-refractivity contribution < 1.29 is 4.85 Å². The second-order valence-electron chi connectivity index (χ2n) is 4.65. The number of hydrogen-bond donors (Lipinski definition) is 2. The maximum absolute atomic E-state index is 11.9. The summed E-state index contributed by atoms with van der Waals surface area (Å²) in [6.45, 7) is 0.219. The lowest BCUT2D eigenvalue weighted by Crippen LogP contribution is -2.37. The first kappa shape index (κ1) is 11.3. The van der Waals surface area contributed by atoms with Gasteiger partial charge in [0.2, 0.25) is 5.82 Å². The smallest absolute Gasteiger partial charge is 0.270 e. The summed E-state index contributed by atoms with van der Waals surface area (Å²) in [5.74, 6) is 0.304. The highest BCUT2D eigenvalue weighted by Crippen LogP contribution is 2.25. The Morgan fingerprint density at radius 1 is 1.33 bits per heavy atom. The van der Waals surface area contributed by atoms with Crippen LogP contribution >= 0.6 is 0 Å². The first-order valence-electron chi connectivity index (χ1n) is 6.08. The molecule has 0 spiro atoms. The van der Waals surface area contributed by atoms with Gasteiger partial charge in [0.05, 0.1) is 6.04 Å². The highest BCUT2D eigenvalue weighted by Gasteiger charge is 2.19. The lowest BCUT2D eigenvalue weighted by molar-refractivity contribution is -0.644. The topological polar surface area (TPSA) is 105 Å². The van der Waals surface area contributed by atoms with E-state index < -0.39 is 6.04 Å². The Labute approximate surface area is 104 Å². The van der Waals surface area contributed by atoms with Gasteiger partial charge in [0.25, 0.3) is 5.52 Å². The minimum atomic E-state index is -0.497. The van der Waals surface area contributed by atoms with E-state index in [1.54, 1.807) is 0 Å². The minimum absolute atomic E-state index is 0.219. The molecule has 0 amide bonds. The number of benzene rings is 1. The standard InChI is InChI=1S/C12H15N5O/c13-6-9(14)12-15-10-4-7-2-1-3-8(7)5-11(10)17(18)16-12/h4-5,9H,1-3,6,13-14H2. The average Bonchev–Trinajstić information content (AvgIpc) is 2.82. The van der Waals surface area contributed by atoms with Crippen LogP contribution in [0.5, 0.6) is 0 Å². The average molecular weight is 245 g/mol. The second-order valence-corrected chi connectivity index (χ2v) is 4.65. The van der Waals surface area contributed by atoms with Gasteiger partial charge in [-0.2, -0.15) is 0 Å². The van der Waals surface area contributed by atoms with E-state index in [2.05, 4.69) is 10.1 Å². The zero-order valence-electron chi connectivity index (χ0n) is 9.97. The zero-order valence-corrected chi connectivity index (χ0v) is 9.97. The van der Waals surface area contributed by atoms with E-state index in [4.69, 9.17) is 11.5 Å². The third kappa shape index (κ3) is 1.70. The second kappa shape index (κ2) is 4.15. The molecule has 1 aliphatic rings. The van der Waals surface area contributed by atoms with Gasteiger partial charge in [-0.1, -0.05) is 0 Å². The van der Waals surface area contributed by atoms with Crippen molar-refractivity contribution >= 4 is 11.0 Å². The number of nitrogens with zero attached hydrogens (tertiary/aromatic N) is 3. The van der Waals surface area contributed by atoms with Crippen molar-refractivity contribution in [2.75, 3.05) is 6.54 Å². The van der Waals surface area contributed by atoms with E-state index in [1.807, 2.05) is 12.1 Å². The third-order valence-electron chi connectivity index (χ3n) is 3.41. The first-order valence-corrected chi connectivity index (χ1v) is 6.08. The fourth-order valence-electron chi connectivity index (χ4n) is 2.40. The van der Waals surface area contributed by atoms with Gasteiger partial charge in [-0.05, 0) is 41.3 Å². The predicted octanol–water partition coefficient (Wildman–Crippen LogP) is -0.290. The van der Waals surface area contributed by atoms with Gasteiger partial charge in [0.15, 0.2) is 0 Å². The van der Waals surface area contributed by atoms with E-state index in [0.717, 1.165) is 19.3 Å². The molecule has 2 aromatic rings. The van der Waals surface area contributed by atoms with Crippen LogP contribution in [-0.4, -0.2) is 16.6 Å². The molecule has 0 radical (unpaired) electrons. The van der Waals surface area contributed by atoms with Gasteiger partial charge >= 0.3 is 0 Å². The highest BCUT2D eigenvalue weighted by molar-refractivity contribution is 5.73. The summed E-state index contributed by atoms with van der Waals surface area (Å²) in [5, 5.41) is 15.7. The first-order chi connectivity index (χ1) is 8.69. The molecule has 0 fully saturated rings. The molecule has 1 heterocycles. The molecule has 1 aromatic carbocycles.